The summed E-state index contributed by atoms with van der Waals surface area (Å²) in [6.45, 7) is 0. The SMILES string of the molecule is COc1c(C(=O)O)oc2ccc(-c3ccccc3)cc12. The van der Waals surface area contributed by atoms with Gasteiger partial charge in [-0.05, 0) is 23.3 Å². The van der Waals surface area contributed by atoms with Crippen LogP contribution in [0.4, 0.5) is 0 Å². The van der Waals surface area contributed by atoms with Crippen LogP contribution in [-0.4, -0.2) is 18.2 Å². The van der Waals surface area contributed by atoms with E-state index in [9.17, 15) is 4.79 Å². The van der Waals surface area contributed by atoms with E-state index in [1.807, 2.05) is 42.5 Å². The van der Waals surface area contributed by atoms with Gasteiger partial charge in [0.25, 0.3) is 5.76 Å². The molecule has 0 spiro atoms. The van der Waals surface area contributed by atoms with Crippen molar-refractivity contribution in [1.29, 1.82) is 0 Å². The maximum Gasteiger partial charge on any atom is 0.375 e. The minimum Gasteiger partial charge on any atom is -0.492 e. The number of fused-ring (bicyclic) bond motifs is 1. The molecule has 0 atom stereocenters. The van der Waals surface area contributed by atoms with Gasteiger partial charge in [0.2, 0.25) is 0 Å². The van der Waals surface area contributed by atoms with E-state index >= 15 is 0 Å². The molecular formula is C16H12O4. The van der Waals surface area contributed by atoms with Crippen molar-refractivity contribution in [1.82, 2.24) is 0 Å². The summed E-state index contributed by atoms with van der Waals surface area (Å²) in [5, 5.41) is 9.77. The Labute approximate surface area is 115 Å². The number of carboxylic acid groups (broad SMARTS) is 1. The van der Waals surface area contributed by atoms with Crippen molar-refractivity contribution in [2.24, 2.45) is 0 Å². The van der Waals surface area contributed by atoms with Gasteiger partial charge in [-0.1, -0.05) is 36.4 Å². The van der Waals surface area contributed by atoms with Crippen LogP contribution in [0.25, 0.3) is 22.1 Å². The quantitative estimate of drug-likeness (QED) is 0.784. The van der Waals surface area contributed by atoms with E-state index in [4.69, 9.17) is 14.3 Å². The molecule has 100 valence electrons. The highest BCUT2D eigenvalue weighted by Crippen LogP contribution is 2.35. The fourth-order valence-corrected chi connectivity index (χ4v) is 2.23. The number of furan rings is 1. The summed E-state index contributed by atoms with van der Waals surface area (Å²) in [5.41, 5.74) is 2.53. The Morgan fingerprint density at radius 3 is 2.50 bits per heavy atom. The highest BCUT2D eigenvalue weighted by atomic mass is 16.5. The zero-order chi connectivity index (χ0) is 14.1. The molecule has 1 aromatic heterocycles. The topological polar surface area (TPSA) is 59.7 Å². The molecule has 4 nitrogen and oxygen atoms in total. The lowest BCUT2D eigenvalue weighted by Crippen LogP contribution is -1.96. The number of hydrogen-bond donors (Lipinski definition) is 1. The Kier molecular flexibility index (Phi) is 2.91. The molecule has 0 saturated carbocycles. The molecule has 3 aromatic rings. The number of rotatable bonds is 3. The first kappa shape index (κ1) is 12.3. The van der Waals surface area contributed by atoms with Crippen molar-refractivity contribution >= 4 is 16.9 Å². The lowest BCUT2D eigenvalue weighted by molar-refractivity contribution is 0.0660. The molecule has 1 N–H and O–H groups in total. The van der Waals surface area contributed by atoms with E-state index in [0.29, 0.717) is 11.0 Å². The molecule has 0 aliphatic carbocycles. The normalized spacial score (nSPS) is 10.7. The van der Waals surface area contributed by atoms with Crippen molar-refractivity contribution in [3.63, 3.8) is 0 Å². The second-order valence-electron chi connectivity index (χ2n) is 4.35. The van der Waals surface area contributed by atoms with Gasteiger partial charge < -0.3 is 14.3 Å². The molecule has 0 radical (unpaired) electrons. The Hall–Kier alpha value is -2.75. The van der Waals surface area contributed by atoms with E-state index in [0.717, 1.165) is 11.1 Å². The second-order valence-corrected chi connectivity index (χ2v) is 4.35. The number of carbonyl (C=O) groups is 1. The minimum atomic E-state index is -1.14. The largest absolute Gasteiger partial charge is 0.492 e. The van der Waals surface area contributed by atoms with Crippen LogP contribution in [0.3, 0.4) is 0 Å². The summed E-state index contributed by atoms with van der Waals surface area (Å²) in [5.74, 6) is -1.06. The van der Waals surface area contributed by atoms with Crippen molar-refractivity contribution < 1.29 is 19.1 Å². The average Bonchev–Trinajstić information content (AvgIpc) is 2.86. The third kappa shape index (κ3) is 1.91. The van der Waals surface area contributed by atoms with E-state index in [-0.39, 0.29) is 11.5 Å². The smallest absolute Gasteiger partial charge is 0.375 e. The molecule has 0 aliphatic rings. The predicted octanol–water partition coefficient (Wildman–Crippen LogP) is 3.81. The molecule has 4 heteroatoms. The van der Waals surface area contributed by atoms with Gasteiger partial charge in [-0.2, -0.15) is 0 Å². The van der Waals surface area contributed by atoms with Crippen molar-refractivity contribution in [2.45, 2.75) is 0 Å². The molecule has 0 bridgehead atoms. The molecule has 2 aromatic carbocycles. The van der Waals surface area contributed by atoms with Gasteiger partial charge in [0.15, 0.2) is 5.75 Å². The van der Waals surface area contributed by atoms with Crippen LogP contribution in [0, 0.1) is 0 Å². The molecule has 1 heterocycles. The molecule has 0 saturated heterocycles. The van der Waals surface area contributed by atoms with Crippen LogP contribution in [0.1, 0.15) is 10.6 Å². The van der Waals surface area contributed by atoms with Crippen molar-refractivity contribution in [3.8, 4) is 16.9 Å². The number of benzene rings is 2. The molecule has 0 fully saturated rings. The highest BCUT2D eigenvalue weighted by molar-refractivity contribution is 5.99. The first-order valence-corrected chi connectivity index (χ1v) is 6.10. The Morgan fingerprint density at radius 2 is 1.85 bits per heavy atom. The van der Waals surface area contributed by atoms with Crippen LogP contribution in [0.5, 0.6) is 5.75 Å². The molecular weight excluding hydrogens is 256 g/mol. The summed E-state index contributed by atoms with van der Waals surface area (Å²) in [6.07, 6.45) is 0. The lowest BCUT2D eigenvalue weighted by Gasteiger charge is -2.02. The van der Waals surface area contributed by atoms with Crippen LogP contribution >= 0.6 is 0 Å². The van der Waals surface area contributed by atoms with Gasteiger partial charge >= 0.3 is 5.97 Å². The lowest BCUT2D eigenvalue weighted by atomic mass is 10.0. The first-order valence-electron chi connectivity index (χ1n) is 6.10. The fourth-order valence-electron chi connectivity index (χ4n) is 2.23. The zero-order valence-electron chi connectivity index (χ0n) is 10.8. The van der Waals surface area contributed by atoms with Crippen molar-refractivity contribution in [3.05, 3.63) is 54.3 Å². The zero-order valence-corrected chi connectivity index (χ0v) is 10.8. The first-order chi connectivity index (χ1) is 9.70. The number of ether oxygens (including phenoxy) is 1. The van der Waals surface area contributed by atoms with Gasteiger partial charge in [0.05, 0.1) is 12.5 Å². The maximum atomic E-state index is 11.1. The molecule has 3 rings (SSSR count). The maximum absolute atomic E-state index is 11.1. The van der Waals surface area contributed by atoms with Crippen LogP contribution in [0.15, 0.2) is 52.9 Å². The molecule has 0 amide bonds. The molecule has 0 unspecified atom stereocenters. The van der Waals surface area contributed by atoms with Gasteiger partial charge in [-0.3, -0.25) is 0 Å². The summed E-state index contributed by atoms with van der Waals surface area (Å²) in [6, 6.07) is 15.4. The van der Waals surface area contributed by atoms with E-state index in [1.54, 1.807) is 6.07 Å². The second kappa shape index (κ2) is 4.74. The third-order valence-corrected chi connectivity index (χ3v) is 3.15. The summed E-state index contributed by atoms with van der Waals surface area (Å²) in [7, 11) is 1.44. The van der Waals surface area contributed by atoms with Crippen LogP contribution < -0.4 is 4.74 Å². The summed E-state index contributed by atoms with van der Waals surface area (Å²) in [4.78, 5) is 11.1. The Bertz CT molecular complexity index is 772. The van der Waals surface area contributed by atoms with Gasteiger partial charge in [0, 0.05) is 0 Å². The fraction of sp³-hybridized carbons (Fsp3) is 0.0625. The minimum absolute atomic E-state index is 0.173. The standard InChI is InChI=1S/C16H12O4/c1-19-14-12-9-11(10-5-3-2-4-6-10)7-8-13(12)20-15(14)16(17)18/h2-9H,1H3,(H,17,18). The number of hydrogen-bond acceptors (Lipinski definition) is 3. The number of methoxy groups -OCH3 is 1. The average molecular weight is 268 g/mol. The highest BCUT2D eigenvalue weighted by Gasteiger charge is 2.21. The van der Waals surface area contributed by atoms with Gasteiger partial charge in [-0.25, -0.2) is 4.79 Å². The summed E-state index contributed by atoms with van der Waals surface area (Å²) >= 11 is 0. The number of aromatic carboxylic acids is 1. The van der Waals surface area contributed by atoms with E-state index in [2.05, 4.69) is 0 Å². The third-order valence-electron chi connectivity index (χ3n) is 3.15. The number of carboxylic acids is 1. The van der Waals surface area contributed by atoms with Gasteiger partial charge in [0.1, 0.15) is 5.58 Å². The van der Waals surface area contributed by atoms with E-state index in [1.165, 1.54) is 7.11 Å². The summed E-state index contributed by atoms with van der Waals surface area (Å²) < 4.78 is 10.5. The van der Waals surface area contributed by atoms with E-state index < -0.39 is 5.97 Å². The van der Waals surface area contributed by atoms with Crippen LogP contribution in [-0.2, 0) is 0 Å². The predicted molar refractivity (Wildman–Crippen MR) is 75.2 cm³/mol. The monoisotopic (exact) mass is 268 g/mol. The van der Waals surface area contributed by atoms with Crippen molar-refractivity contribution in [2.75, 3.05) is 7.11 Å². The Balaban J connectivity index is 2.23. The van der Waals surface area contributed by atoms with Crippen LogP contribution in [0.2, 0.25) is 0 Å². The Morgan fingerprint density at radius 1 is 1.10 bits per heavy atom. The molecule has 20 heavy (non-hydrogen) atoms. The molecule has 0 aliphatic heterocycles. The van der Waals surface area contributed by atoms with Gasteiger partial charge in [-0.15, -0.1) is 0 Å².